The number of alkyl carbamates (subject to hydrolysis) is 1. The Morgan fingerprint density at radius 3 is 2.35 bits per heavy atom. The average Bonchev–Trinajstić information content (AvgIpc) is 2.52. The van der Waals surface area contributed by atoms with E-state index in [1.807, 2.05) is 54.6 Å². The van der Waals surface area contributed by atoms with Crippen molar-refractivity contribution in [2.45, 2.75) is 32.4 Å². The summed E-state index contributed by atoms with van der Waals surface area (Å²) in [5.41, 5.74) is 2.38. The number of ether oxygens (including phenoxy) is 1. The van der Waals surface area contributed by atoms with Crippen LogP contribution in [0.4, 0.5) is 4.79 Å². The molecule has 0 heterocycles. The third kappa shape index (κ3) is 5.11. The Bertz CT molecular complexity index is 647. The van der Waals surface area contributed by atoms with E-state index in [1.165, 1.54) is 0 Å². The lowest BCUT2D eigenvalue weighted by atomic mass is 10.00. The standard InChI is InChI=1S/C19H23NO3/c1-19(2,3)23-18(22)20-17(13-21)16-11-7-10-15(12-16)14-8-5-4-6-9-14/h4-12,17,21H,13H2,1-3H3,(H,20,22). The van der Waals surface area contributed by atoms with Gasteiger partial charge >= 0.3 is 6.09 Å². The van der Waals surface area contributed by atoms with E-state index in [4.69, 9.17) is 4.74 Å². The molecule has 0 radical (unpaired) electrons. The Morgan fingerprint density at radius 1 is 1.09 bits per heavy atom. The second-order valence-corrected chi connectivity index (χ2v) is 6.37. The number of rotatable bonds is 4. The van der Waals surface area contributed by atoms with E-state index in [-0.39, 0.29) is 6.61 Å². The van der Waals surface area contributed by atoms with Crippen LogP contribution in [0.2, 0.25) is 0 Å². The fraction of sp³-hybridized carbons (Fsp3) is 0.316. The molecular formula is C19H23NO3. The lowest BCUT2D eigenvalue weighted by molar-refractivity contribution is 0.0482. The molecule has 23 heavy (non-hydrogen) atoms. The molecule has 2 aromatic carbocycles. The Kier molecular flexibility index (Phi) is 5.40. The van der Waals surface area contributed by atoms with Gasteiger partial charge in [0.25, 0.3) is 0 Å². The SMILES string of the molecule is CC(C)(C)OC(=O)NC(CO)c1cccc(-c2ccccc2)c1. The first-order valence-corrected chi connectivity index (χ1v) is 7.65. The van der Waals surface area contributed by atoms with Crippen LogP contribution in [0.15, 0.2) is 54.6 Å². The van der Waals surface area contributed by atoms with E-state index in [1.54, 1.807) is 20.8 Å². The average molecular weight is 313 g/mol. The summed E-state index contributed by atoms with van der Waals surface area (Å²) in [7, 11) is 0. The van der Waals surface area contributed by atoms with E-state index in [0.29, 0.717) is 0 Å². The molecule has 0 saturated heterocycles. The third-order valence-corrected chi connectivity index (χ3v) is 3.27. The predicted octanol–water partition coefficient (Wildman–Crippen LogP) is 3.91. The number of aliphatic hydroxyl groups excluding tert-OH is 1. The van der Waals surface area contributed by atoms with Gasteiger partial charge in [-0.2, -0.15) is 0 Å². The molecular weight excluding hydrogens is 290 g/mol. The molecule has 0 aliphatic carbocycles. The molecule has 4 nitrogen and oxygen atoms in total. The summed E-state index contributed by atoms with van der Waals surface area (Å²) in [4.78, 5) is 11.9. The van der Waals surface area contributed by atoms with Crippen LogP contribution < -0.4 is 5.32 Å². The third-order valence-electron chi connectivity index (χ3n) is 3.27. The van der Waals surface area contributed by atoms with Crippen LogP contribution in [-0.4, -0.2) is 23.4 Å². The number of nitrogens with one attached hydrogen (secondary N) is 1. The first-order chi connectivity index (χ1) is 10.9. The number of hydrogen-bond acceptors (Lipinski definition) is 3. The van der Waals surface area contributed by atoms with Gasteiger partial charge in [-0.05, 0) is 43.5 Å². The lowest BCUT2D eigenvalue weighted by Gasteiger charge is -2.23. The molecule has 0 spiro atoms. The molecule has 0 fully saturated rings. The molecule has 0 saturated carbocycles. The van der Waals surface area contributed by atoms with Gasteiger partial charge in [0, 0.05) is 0 Å². The van der Waals surface area contributed by atoms with E-state index in [0.717, 1.165) is 16.7 Å². The lowest BCUT2D eigenvalue weighted by Crippen LogP contribution is -2.36. The van der Waals surface area contributed by atoms with Crippen LogP contribution in [0.3, 0.4) is 0 Å². The minimum atomic E-state index is -0.573. The van der Waals surface area contributed by atoms with Crippen molar-refractivity contribution in [2.24, 2.45) is 0 Å². The quantitative estimate of drug-likeness (QED) is 0.899. The Hall–Kier alpha value is -2.33. The minimum absolute atomic E-state index is 0.197. The highest BCUT2D eigenvalue weighted by atomic mass is 16.6. The maximum absolute atomic E-state index is 11.9. The molecule has 122 valence electrons. The van der Waals surface area contributed by atoms with Crippen LogP contribution >= 0.6 is 0 Å². The zero-order chi connectivity index (χ0) is 16.9. The number of carbonyl (C=O) groups excluding carboxylic acids is 1. The molecule has 0 aliphatic rings. The Balaban J connectivity index is 2.17. The van der Waals surface area contributed by atoms with Crippen molar-refractivity contribution < 1.29 is 14.6 Å². The largest absolute Gasteiger partial charge is 0.444 e. The summed E-state index contributed by atoms with van der Waals surface area (Å²) < 4.78 is 5.25. The summed E-state index contributed by atoms with van der Waals surface area (Å²) in [5, 5.41) is 12.3. The van der Waals surface area contributed by atoms with Crippen LogP contribution in [0, 0.1) is 0 Å². The van der Waals surface area contributed by atoms with Gasteiger partial charge in [-0.3, -0.25) is 0 Å². The normalized spacial score (nSPS) is 12.5. The van der Waals surface area contributed by atoms with E-state index in [9.17, 15) is 9.90 Å². The maximum atomic E-state index is 11.9. The first kappa shape index (κ1) is 17.0. The van der Waals surface area contributed by atoms with Gasteiger partial charge in [0.1, 0.15) is 5.60 Å². The monoisotopic (exact) mass is 313 g/mol. The number of hydrogen-bond donors (Lipinski definition) is 2. The zero-order valence-corrected chi connectivity index (χ0v) is 13.7. The van der Waals surface area contributed by atoms with E-state index < -0.39 is 17.7 Å². The van der Waals surface area contributed by atoms with Gasteiger partial charge in [0.05, 0.1) is 12.6 Å². The number of amides is 1. The number of aliphatic hydroxyl groups is 1. The fourth-order valence-electron chi connectivity index (χ4n) is 2.25. The maximum Gasteiger partial charge on any atom is 0.408 e. The van der Waals surface area contributed by atoms with Crippen molar-refractivity contribution in [2.75, 3.05) is 6.61 Å². The van der Waals surface area contributed by atoms with Crippen LogP contribution in [0.25, 0.3) is 11.1 Å². The summed E-state index contributed by atoms with van der Waals surface area (Å²) in [5.74, 6) is 0. The highest BCUT2D eigenvalue weighted by Crippen LogP contribution is 2.23. The smallest absolute Gasteiger partial charge is 0.408 e. The highest BCUT2D eigenvalue weighted by molar-refractivity contribution is 5.69. The molecule has 2 N–H and O–H groups in total. The molecule has 0 bridgehead atoms. The summed E-state index contributed by atoms with van der Waals surface area (Å²) in [6.07, 6.45) is -0.540. The van der Waals surface area contributed by atoms with Gasteiger partial charge in [-0.1, -0.05) is 48.5 Å². The summed E-state index contributed by atoms with van der Waals surface area (Å²) >= 11 is 0. The molecule has 2 aromatic rings. The molecule has 4 heteroatoms. The van der Waals surface area contributed by atoms with Crippen molar-refractivity contribution in [3.8, 4) is 11.1 Å². The highest BCUT2D eigenvalue weighted by Gasteiger charge is 2.20. The Morgan fingerprint density at radius 2 is 1.74 bits per heavy atom. The van der Waals surface area contributed by atoms with Crippen molar-refractivity contribution in [3.05, 3.63) is 60.2 Å². The first-order valence-electron chi connectivity index (χ1n) is 7.65. The van der Waals surface area contributed by atoms with Crippen molar-refractivity contribution in [1.29, 1.82) is 0 Å². The molecule has 2 rings (SSSR count). The molecule has 1 amide bonds. The van der Waals surface area contributed by atoms with Gasteiger partial charge in [-0.15, -0.1) is 0 Å². The Labute approximate surface area is 137 Å². The summed E-state index contributed by atoms with van der Waals surface area (Å²) in [6.45, 7) is 5.21. The molecule has 1 unspecified atom stereocenters. The van der Waals surface area contributed by atoms with Crippen LogP contribution in [-0.2, 0) is 4.74 Å². The van der Waals surface area contributed by atoms with Crippen molar-refractivity contribution in [3.63, 3.8) is 0 Å². The molecule has 1 atom stereocenters. The van der Waals surface area contributed by atoms with Crippen LogP contribution in [0.5, 0.6) is 0 Å². The number of benzene rings is 2. The molecule has 0 aliphatic heterocycles. The topological polar surface area (TPSA) is 58.6 Å². The molecule has 0 aromatic heterocycles. The van der Waals surface area contributed by atoms with Gasteiger partial charge in [-0.25, -0.2) is 4.79 Å². The van der Waals surface area contributed by atoms with Gasteiger partial charge in [0.2, 0.25) is 0 Å². The zero-order valence-electron chi connectivity index (χ0n) is 13.7. The van der Waals surface area contributed by atoms with Crippen molar-refractivity contribution >= 4 is 6.09 Å². The van der Waals surface area contributed by atoms with E-state index >= 15 is 0 Å². The van der Waals surface area contributed by atoms with Crippen LogP contribution in [0.1, 0.15) is 32.4 Å². The minimum Gasteiger partial charge on any atom is -0.444 e. The number of carbonyl (C=O) groups is 1. The fourth-order valence-corrected chi connectivity index (χ4v) is 2.25. The predicted molar refractivity (Wildman–Crippen MR) is 91.1 cm³/mol. The van der Waals surface area contributed by atoms with Gasteiger partial charge < -0.3 is 15.2 Å². The summed E-state index contributed by atoms with van der Waals surface area (Å²) in [6, 6.07) is 17.2. The second-order valence-electron chi connectivity index (χ2n) is 6.37. The van der Waals surface area contributed by atoms with Gasteiger partial charge in [0.15, 0.2) is 0 Å². The second kappa shape index (κ2) is 7.29. The van der Waals surface area contributed by atoms with Crippen molar-refractivity contribution in [1.82, 2.24) is 5.32 Å². The van der Waals surface area contributed by atoms with E-state index in [2.05, 4.69) is 5.32 Å².